The molecule has 0 unspecified atom stereocenters. The van der Waals surface area contributed by atoms with Gasteiger partial charge in [0.05, 0.1) is 6.54 Å². The minimum absolute atomic E-state index is 0.479. The maximum atomic E-state index is 5.03. The number of aromatic nitrogens is 2. The van der Waals surface area contributed by atoms with Crippen LogP contribution in [0.2, 0.25) is 0 Å². The topological polar surface area (TPSA) is 39.1 Å². The molecule has 0 fully saturated rings. The summed E-state index contributed by atoms with van der Waals surface area (Å²) in [6.07, 6.45) is 3.71. The normalized spacial score (nSPS) is 11.1. The van der Waals surface area contributed by atoms with Crippen LogP contribution < -0.4 is 5.32 Å². The molecule has 0 atom stereocenters. The highest BCUT2D eigenvalue weighted by atomic mass is 16.5. The summed E-state index contributed by atoms with van der Waals surface area (Å²) in [5.41, 5.74) is 0. The van der Waals surface area contributed by atoms with Gasteiger partial charge in [-0.1, -0.05) is 13.8 Å². The lowest BCUT2D eigenvalue weighted by Crippen LogP contribution is -2.24. The Morgan fingerprint density at radius 2 is 2.38 bits per heavy atom. The zero-order valence-corrected chi connectivity index (χ0v) is 8.45. The number of rotatable bonds is 5. The number of hydrogen-bond donors (Lipinski definition) is 1. The molecule has 1 aromatic heterocycles. The molecule has 0 bridgehead atoms. The molecule has 4 heteroatoms. The molecule has 0 aliphatic rings. The predicted molar refractivity (Wildman–Crippen MR) is 51.2 cm³/mol. The van der Waals surface area contributed by atoms with Crippen molar-refractivity contribution >= 4 is 0 Å². The van der Waals surface area contributed by atoms with Gasteiger partial charge in [-0.3, -0.25) is 0 Å². The monoisotopic (exact) mass is 183 g/mol. The van der Waals surface area contributed by atoms with Gasteiger partial charge in [0, 0.05) is 25.5 Å². The highest BCUT2D eigenvalue weighted by molar-refractivity contribution is 4.91. The number of nitrogens with zero attached hydrogens (tertiary/aromatic N) is 2. The molecular weight excluding hydrogens is 166 g/mol. The minimum atomic E-state index is 0.479. The third kappa shape index (κ3) is 3.16. The average molecular weight is 183 g/mol. The Bertz CT molecular complexity index is 245. The Balaban J connectivity index is 2.49. The van der Waals surface area contributed by atoms with Crippen molar-refractivity contribution in [2.45, 2.75) is 33.2 Å². The Labute approximate surface area is 78.9 Å². The van der Waals surface area contributed by atoms with Crippen LogP contribution in [0.5, 0.6) is 0 Å². The highest BCUT2D eigenvalue weighted by Crippen LogP contribution is 1.97. The van der Waals surface area contributed by atoms with E-state index in [0.717, 1.165) is 12.4 Å². The van der Waals surface area contributed by atoms with Gasteiger partial charge < -0.3 is 14.6 Å². The van der Waals surface area contributed by atoms with Crippen LogP contribution in [-0.2, 0) is 18.0 Å². The van der Waals surface area contributed by atoms with Gasteiger partial charge in [-0.25, -0.2) is 4.98 Å². The summed E-state index contributed by atoms with van der Waals surface area (Å²) in [5.74, 6) is 1.01. The van der Waals surface area contributed by atoms with E-state index in [0.29, 0.717) is 12.8 Å². The van der Waals surface area contributed by atoms with Gasteiger partial charge >= 0.3 is 0 Å². The average Bonchev–Trinajstić information content (AvgIpc) is 2.49. The van der Waals surface area contributed by atoms with E-state index in [9.17, 15) is 0 Å². The van der Waals surface area contributed by atoms with Gasteiger partial charge in [0.25, 0.3) is 0 Å². The summed E-state index contributed by atoms with van der Waals surface area (Å²) in [6.45, 7) is 5.58. The molecule has 0 aliphatic carbocycles. The Kier molecular flexibility index (Phi) is 3.92. The van der Waals surface area contributed by atoms with Gasteiger partial charge in [0.2, 0.25) is 0 Å². The van der Waals surface area contributed by atoms with Gasteiger partial charge in [0.1, 0.15) is 12.6 Å². The lowest BCUT2D eigenvalue weighted by molar-refractivity contribution is 0.128. The molecule has 0 saturated heterocycles. The van der Waals surface area contributed by atoms with Crippen LogP contribution in [0.4, 0.5) is 0 Å². The fourth-order valence-corrected chi connectivity index (χ4v) is 1.06. The Morgan fingerprint density at radius 3 is 3.00 bits per heavy atom. The minimum Gasteiger partial charge on any atom is -0.364 e. The van der Waals surface area contributed by atoms with E-state index in [4.69, 9.17) is 4.74 Å². The van der Waals surface area contributed by atoms with E-state index in [-0.39, 0.29) is 0 Å². The second-order valence-corrected chi connectivity index (χ2v) is 3.27. The van der Waals surface area contributed by atoms with Crippen molar-refractivity contribution < 1.29 is 4.74 Å². The van der Waals surface area contributed by atoms with E-state index < -0.39 is 0 Å². The van der Waals surface area contributed by atoms with E-state index >= 15 is 0 Å². The molecule has 0 aromatic carbocycles. The second-order valence-electron chi connectivity index (χ2n) is 3.27. The molecule has 74 valence electrons. The Morgan fingerprint density at radius 1 is 1.62 bits per heavy atom. The van der Waals surface area contributed by atoms with Crippen molar-refractivity contribution in [2.24, 2.45) is 0 Å². The lowest BCUT2D eigenvalue weighted by Gasteiger charge is -2.09. The zero-order chi connectivity index (χ0) is 9.68. The molecule has 4 nitrogen and oxygen atoms in total. The van der Waals surface area contributed by atoms with Crippen molar-refractivity contribution in [1.82, 2.24) is 14.9 Å². The van der Waals surface area contributed by atoms with Crippen LogP contribution in [0, 0.1) is 0 Å². The van der Waals surface area contributed by atoms with E-state index in [2.05, 4.69) is 24.1 Å². The van der Waals surface area contributed by atoms with Crippen molar-refractivity contribution in [3.63, 3.8) is 0 Å². The van der Waals surface area contributed by atoms with Crippen molar-refractivity contribution in [3.8, 4) is 0 Å². The summed E-state index contributed by atoms with van der Waals surface area (Å²) < 4.78 is 7.01. The summed E-state index contributed by atoms with van der Waals surface area (Å²) in [6, 6.07) is 0.479. The standard InChI is InChI=1S/C9H17N3O/c1-8(2)11-6-9-10-4-5-12(9)7-13-3/h4-5,8,11H,6-7H2,1-3H3. The maximum absolute atomic E-state index is 5.03. The largest absolute Gasteiger partial charge is 0.364 e. The van der Waals surface area contributed by atoms with Gasteiger partial charge in [-0.15, -0.1) is 0 Å². The van der Waals surface area contributed by atoms with Crippen LogP contribution in [0.3, 0.4) is 0 Å². The summed E-state index contributed by atoms with van der Waals surface area (Å²) in [5, 5.41) is 3.31. The predicted octanol–water partition coefficient (Wildman–Crippen LogP) is 0.985. The number of nitrogens with one attached hydrogen (secondary N) is 1. The number of hydrogen-bond acceptors (Lipinski definition) is 3. The van der Waals surface area contributed by atoms with Crippen molar-refractivity contribution in [1.29, 1.82) is 0 Å². The van der Waals surface area contributed by atoms with Crippen LogP contribution in [0.1, 0.15) is 19.7 Å². The summed E-state index contributed by atoms with van der Waals surface area (Å²) in [4.78, 5) is 4.23. The van der Waals surface area contributed by atoms with Crippen molar-refractivity contribution in [2.75, 3.05) is 7.11 Å². The van der Waals surface area contributed by atoms with Gasteiger partial charge in [-0.2, -0.15) is 0 Å². The SMILES string of the molecule is COCn1ccnc1CNC(C)C. The first-order valence-corrected chi connectivity index (χ1v) is 4.46. The molecule has 1 aromatic rings. The lowest BCUT2D eigenvalue weighted by atomic mass is 10.4. The maximum Gasteiger partial charge on any atom is 0.124 e. The highest BCUT2D eigenvalue weighted by Gasteiger charge is 2.01. The second kappa shape index (κ2) is 4.99. The van der Waals surface area contributed by atoms with Gasteiger partial charge in [-0.05, 0) is 0 Å². The van der Waals surface area contributed by atoms with Crippen LogP contribution in [-0.4, -0.2) is 22.7 Å². The molecule has 1 rings (SSSR count). The third-order valence-electron chi connectivity index (χ3n) is 1.74. The molecule has 0 aliphatic heterocycles. The first kappa shape index (κ1) is 10.2. The first-order chi connectivity index (χ1) is 6.24. The molecule has 0 saturated carbocycles. The van der Waals surface area contributed by atoms with E-state index in [1.807, 2.05) is 10.8 Å². The first-order valence-electron chi connectivity index (χ1n) is 4.46. The molecule has 1 N–H and O–H groups in total. The van der Waals surface area contributed by atoms with Crippen LogP contribution in [0.15, 0.2) is 12.4 Å². The van der Waals surface area contributed by atoms with E-state index in [1.54, 1.807) is 13.3 Å². The number of ether oxygens (including phenoxy) is 1. The number of imidazole rings is 1. The van der Waals surface area contributed by atoms with Gasteiger partial charge in [0.15, 0.2) is 0 Å². The van der Waals surface area contributed by atoms with E-state index in [1.165, 1.54) is 0 Å². The molecule has 13 heavy (non-hydrogen) atoms. The number of methoxy groups -OCH3 is 1. The molecule has 1 heterocycles. The molecular formula is C9H17N3O. The van der Waals surface area contributed by atoms with Crippen molar-refractivity contribution in [3.05, 3.63) is 18.2 Å². The summed E-state index contributed by atoms with van der Waals surface area (Å²) >= 11 is 0. The molecule has 0 spiro atoms. The smallest absolute Gasteiger partial charge is 0.124 e. The summed E-state index contributed by atoms with van der Waals surface area (Å²) in [7, 11) is 1.68. The fraction of sp³-hybridized carbons (Fsp3) is 0.667. The molecule has 0 amide bonds. The van der Waals surface area contributed by atoms with Crippen LogP contribution >= 0.6 is 0 Å². The van der Waals surface area contributed by atoms with Crippen LogP contribution in [0.25, 0.3) is 0 Å². The fourth-order valence-electron chi connectivity index (χ4n) is 1.06. The third-order valence-corrected chi connectivity index (χ3v) is 1.74. The zero-order valence-electron chi connectivity index (χ0n) is 8.45. The Hall–Kier alpha value is -0.870. The quantitative estimate of drug-likeness (QED) is 0.739. The molecule has 0 radical (unpaired) electrons.